The molecular weight excluding hydrogens is 416 g/mol. The fraction of sp³-hybridized carbons (Fsp3) is 0.481. The molecule has 6 heteroatoms. The van der Waals surface area contributed by atoms with Gasteiger partial charge in [0, 0.05) is 38.7 Å². The van der Waals surface area contributed by atoms with E-state index >= 15 is 0 Å². The highest BCUT2D eigenvalue weighted by molar-refractivity contribution is 5.76. The summed E-state index contributed by atoms with van der Waals surface area (Å²) in [6, 6.07) is 9.76. The third-order valence-electron chi connectivity index (χ3n) is 5.95. The lowest BCUT2D eigenvalue weighted by Crippen LogP contribution is -2.34. The van der Waals surface area contributed by atoms with Crippen LogP contribution in [0.4, 0.5) is 0 Å². The molecule has 1 aliphatic rings. The molecule has 0 unspecified atom stereocenters. The van der Waals surface area contributed by atoms with Crippen LogP contribution in [0.2, 0.25) is 0 Å². The van der Waals surface area contributed by atoms with Crippen LogP contribution in [0.5, 0.6) is 5.75 Å². The SMILES string of the molecule is C=CCCC(=O)N1CCCN(Cc2cc(=O)c(OCc3ccc(C(C)(C)C)cc3)co2)CC1. The van der Waals surface area contributed by atoms with E-state index in [0.717, 1.165) is 31.6 Å². The largest absolute Gasteiger partial charge is 0.482 e. The Balaban J connectivity index is 1.52. The Morgan fingerprint density at radius 2 is 1.91 bits per heavy atom. The summed E-state index contributed by atoms with van der Waals surface area (Å²) < 4.78 is 11.4. The first-order chi connectivity index (χ1) is 15.8. The maximum atomic E-state index is 12.5. The second-order valence-corrected chi connectivity index (χ2v) is 9.65. The van der Waals surface area contributed by atoms with Gasteiger partial charge >= 0.3 is 0 Å². The highest BCUT2D eigenvalue weighted by atomic mass is 16.5. The number of nitrogens with zero attached hydrogens (tertiary/aromatic N) is 2. The van der Waals surface area contributed by atoms with Gasteiger partial charge in [0.2, 0.25) is 17.1 Å². The lowest BCUT2D eigenvalue weighted by atomic mass is 9.87. The molecule has 1 aliphatic heterocycles. The van der Waals surface area contributed by atoms with Crippen molar-refractivity contribution in [3.05, 3.63) is 76.4 Å². The van der Waals surface area contributed by atoms with Crippen LogP contribution >= 0.6 is 0 Å². The van der Waals surface area contributed by atoms with Crippen molar-refractivity contribution < 1.29 is 13.9 Å². The normalized spacial score (nSPS) is 15.2. The van der Waals surface area contributed by atoms with Crippen LogP contribution in [0.3, 0.4) is 0 Å². The maximum Gasteiger partial charge on any atom is 0.227 e. The van der Waals surface area contributed by atoms with E-state index in [1.807, 2.05) is 17.0 Å². The molecular formula is C27H36N2O4. The molecule has 0 aliphatic carbocycles. The predicted molar refractivity (Wildman–Crippen MR) is 130 cm³/mol. The topological polar surface area (TPSA) is 63.0 Å². The second kappa shape index (κ2) is 11.3. The van der Waals surface area contributed by atoms with Crippen molar-refractivity contribution >= 4 is 5.91 Å². The second-order valence-electron chi connectivity index (χ2n) is 9.65. The number of benzene rings is 1. The van der Waals surface area contributed by atoms with Gasteiger partial charge in [-0.15, -0.1) is 6.58 Å². The number of carbonyl (C=O) groups is 1. The zero-order valence-corrected chi connectivity index (χ0v) is 20.1. The van der Waals surface area contributed by atoms with Crippen molar-refractivity contribution in [1.82, 2.24) is 9.80 Å². The minimum Gasteiger partial charge on any atom is -0.482 e. The van der Waals surface area contributed by atoms with Crippen LogP contribution in [-0.2, 0) is 23.4 Å². The van der Waals surface area contributed by atoms with Gasteiger partial charge in [-0.2, -0.15) is 0 Å². The van der Waals surface area contributed by atoms with Crippen LogP contribution in [0.1, 0.15) is 56.9 Å². The third-order valence-corrected chi connectivity index (χ3v) is 5.95. The Morgan fingerprint density at radius 1 is 1.15 bits per heavy atom. The minimum absolute atomic E-state index is 0.100. The van der Waals surface area contributed by atoms with Crippen molar-refractivity contribution in [3.8, 4) is 5.75 Å². The zero-order valence-electron chi connectivity index (χ0n) is 20.1. The van der Waals surface area contributed by atoms with Crippen LogP contribution in [0.15, 0.2) is 58.5 Å². The molecule has 1 amide bonds. The molecule has 0 saturated carbocycles. The van der Waals surface area contributed by atoms with Gasteiger partial charge in [0.15, 0.2) is 0 Å². The van der Waals surface area contributed by atoms with Gasteiger partial charge in [-0.25, -0.2) is 0 Å². The molecule has 2 aromatic rings. The molecule has 0 spiro atoms. The molecule has 1 fully saturated rings. The molecule has 0 atom stereocenters. The first kappa shape index (κ1) is 24.8. The molecule has 2 heterocycles. The highest BCUT2D eigenvalue weighted by Gasteiger charge is 2.19. The van der Waals surface area contributed by atoms with Crippen molar-refractivity contribution in [2.45, 2.75) is 58.6 Å². The van der Waals surface area contributed by atoms with Crippen LogP contribution in [-0.4, -0.2) is 41.9 Å². The molecule has 1 saturated heterocycles. The predicted octanol–water partition coefficient (Wildman–Crippen LogP) is 4.52. The molecule has 0 N–H and O–H groups in total. The lowest BCUT2D eigenvalue weighted by molar-refractivity contribution is -0.131. The number of hydrogen-bond acceptors (Lipinski definition) is 5. The van der Waals surface area contributed by atoms with Gasteiger partial charge in [-0.05, 0) is 29.4 Å². The van der Waals surface area contributed by atoms with Gasteiger partial charge in [0.25, 0.3) is 0 Å². The Morgan fingerprint density at radius 3 is 2.58 bits per heavy atom. The molecule has 33 heavy (non-hydrogen) atoms. The van der Waals surface area contributed by atoms with E-state index in [1.165, 1.54) is 17.9 Å². The fourth-order valence-electron chi connectivity index (χ4n) is 3.87. The molecule has 3 rings (SSSR count). The van der Waals surface area contributed by atoms with E-state index in [1.54, 1.807) is 6.08 Å². The summed E-state index contributed by atoms with van der Waals surface area (Å²) in [5.74, 6) is 1.000. The Labute approximate surface area is 196 Å². The average Bonchev–Trinajstić information content (AvgIpc) is 3.02. The van der Waals surface area contributed by atoms with Gasteiger partial charge in [-0.3, -0.25) is 14.5 Å². The molecule has 1 aromatic carbocycles. The quantitative estimate of drug-likeness (QED) is 0.551. The van der Waals surface area contributed by atoms with E-state index in [2.05, 4.69) is 44.4 Å². The van der Waals surface area contributed by atoms with Crippen molar-refractivity contribution in [2.75, 3.05) is 26.2 Å². The van der Waals surface area contributed by atoms with E-state index in [0.29, 0.717) is 38.3 Å². The fourth-order valence-corrected chi connectivity index (χ4v) is 3.87. The first-order valence-electron chi connectivity index (χ1n) is 11.7. The number of hydrogen-bond donors (Lipinski definition) is 0. The summed E-state index contributed by atoms with van der Waals surface area (Å²) in [6.45, 7) is 14.1. The van der Waals surface area contributed by atoms with E-state index < -0.39 is 0 Å². The third kappa shape index (κ3) is 7.32. The summed E-state index contributed by atoms with van der Waals surface area (Å²) in [5, 5.41) is 0. The van der Waals surface area contributed by atoms with Gasteiger partial charge in [0.1, 0.15) is 18.6 Å². The van der Waals surface area contributed by atoms with Crippen molar-refractivity contribution in [3.63, 3.8) is 0 Å². The number of ether oxygens (including phenoxy) is 1. The number of carbonyl (C=O) groups excluding carboxylic acids is 1. The molecule has 0 radical (unpaired) electrons. The minimum atomic E-state index is -0.182. The Hall–Kier alpha value is -2.86. The van der Waals surface area contributed by atoms with Gasteiger partial charge in [0.05, 0.1) is 6.54 Å². The van der Waals surface area contributed by atoms with E-state index in [-0.39, 0.29) is 22.5 Å². The van der Waals surface area contributed by atoms with Gasteiger partial charge < -0.3 is 14.1 Å². The highest BCUT2D eigenvalue weighted by Crippen LogP contribution is 2.22. The number of allylic oxidation sites excluding steroid dienone is 1. The van der Waals surface area contributed by atoms with Crippen LogP contribution in [0.25, 0.3) is 0 Å². The van der Waals surface area contributed by atoms with E-state index in [9.17, 15) is 9.59 Å². The van der Waals surface area contributed by atoms with Crippen molar-refractivity contribution in [2.24, 2.45) is 0 Å². The monoisotopic (exact) mass is 452 g/mol. The standard InChI is InChI=1S/C27H36N2O4/c1-5-6-8-26(31)29-14-7-13-28(15-16-29)18-23-17-24(30)25(20-32-23)33-19-21-9-11-22(12-10-21)27(2,3)4/h5,9-12,17,20H,1,6-8,13-16,18-19H2,2-4H3. The van der Waals surface area contributed by atoms with Crippen molar-refractivity contribution in [1.29, 1.82) is 0 Å². The maximum absolute atomic E-state index is 12.5. The van der Waals surface area contributed by atoms with E-state index in [4.69, 9.17) is 9.15 Å². The molecule has 178 valence electrons. The summed E-state index contributed by atoms with van der Waals surface area (Å²) in [6.07, 6.45) is 5.31. The average molecular weight is 453 g/mol. The Bertz CT molecular complexity index is 988. The van der Waals surface area contributed by atoms with Gasteiger partial charge in [-0.1, -0.05) is 51.1 Å². The van der Waals surface area contributed by atoms with Crippen LogP contribution in [0, 0.1) is 0 Å². The number of amides is 1. The smallest absolute Gasteiger partial charge is 0.227 e. The summed E-state index contributed by atoms with van der Waals surface area (Å²) in [5.41, 5.74) is 2.18. The molecule has 1 aromatic heterocycles. The Kier molecular flexibility index (Phi) is 8.50. The summed E-state index contributed by atoms with van der Waals surface area (Å²) in [4.78, 5) is 28.9. The lowest BCUT2D eigenvalue weighted by Gasteiger charge is -2.21. The number of rotatable bonds is 8. The molecule has 6 nitrogen and oxygen atoms in total. The summed E-state index contributed by atoms with van der Waals surface area (Å²) in [7, 11) is 0. The molecule has 0 bridgehead atoms. The summed E-state index contributed by atoms with van der Waals surface area (Å²) >= 11 is 0. The van der Waals surface area contributed by atoms with Crippen LogP contribution < -0.4 is 10.2 Å². The zero-order chi connectivity index (χ0) is 23.8. The first-order valence-corrected chi connectivity index (χ1v) is 11.7.